The lowest BCUT2D eigenvalue weighted by molar-refractivity contribution is -0.121. The summed E-state index contributed by atoms with van der Waals surface area (Å²) in [5.41, 5.74) is 0.634. The van der Waals surface area contributed by atoms with E-state index in [4.69, 9.17) is 0 Å². The first-order valence-electron chi connectivity index (χ1n) is 9.06. The Balaban J connectivity index is 1.79. The highest BCUT2D eigenvalue weighted by atomic mass is 32.2. The third-order valence-electron chi connectivity index (χ3n) is 4.75. The van der Waals surface area contributed by atoms with Crippen LogP contribution in [-0.2, 0) is 11.3 Å². The third kappa shape index (κ3) is 4.06. The Morgan fingerprint density at radius 1 is 1.32 bits per heavy atom. The minimum absolute atomic E-state index is 0.0296. The molecule has 1 amide bonds. The van der Waals surface area contributed by atoms with Crippen molar-refractivity contribution in [2.45, 2.75) is 68.9 Å². The second-order valence-electron chi connectivity index (χ2n) is 6.56. The van der Waals surface area contributed by atoms with Gasteiger partial charge in [0.1, 0.15) is 0 Å². The Labute approximate surface area is 152 Å². The summed E-state index contributed by atoms with van der Waals surface area (Å²) in [4.78, 5) is 29.8. The minimum Gasteiger partial charge on any atom is -0.352 e. The predicted molar refractivity (Wildman–Crippen MR) is 102 cm³/mol. The largest absolute Gasteiger partial charge is 0.352 e. The van der Waals surface area contributed by atoms with Crippen LogP contribution in [-0.4, -0.2) is 26.8 Å². The van der Waals surface area contributed by atoms with Crippen molar-refractivity contribution in [1.29, 1.82) is 0 Å². The summed E-state index contributed by atoms with van der Waals surface area (Å²) < 4.78 is 1.65. The lowest BCUT2D eigenvalue weighted by atomic mass is 9.95. The molecule has 1 aliphatic rings. The van der Waals surface area contributed by atoms with Gasteiger partial charge in [-0.3, -0.25) is 14.2 Å². The zero-order valence-corrected chi connectivity index (χ0v) is 15.6. The Kier molecular flexibility index (Phi) is 5.78. The molecule has 5 nitrogen and oxygen atoms in total. The molecule has 1 aliphatic carbocycles. The number of para-hydroxylation sites is 1. The van der Waals surface area contributed by atoms with Gasteiger partial charge >= 0.3 is 0 Å². The van der Waals surface area contributed by atoms with Crippen LogP contribution in [0.1, 0.15) is 46.0 Å². The van der Waals surface area contributed by atoms with Gasteiger partial charge in [0.15, 0.2) is 5.16 Å². The molecule has 1 fully saturated rings. The van der Waals surface area contributed by atoms with E-state index >= 15 is 0 Å². The number of fused-ring (bicyclic) bond motifs is 1. The molecule has 0 spiro atoms. The molecule has 3 rings (SSSR count). The number of hydrogen-bond donors (Lipinski definition) is 1. The second-order valence-corrected chi connectivity index (χ2v) is 7.87. The number of thioether (sulfide) groups is 1. The highest BCUT2D eigenvalue weighted by molar-refractivity contribution is 8.00. The van der Waals surface area contributed by atoms with Crippen LogP contribution in [0.3, 0.4) is 0 Å². The summed E-state index contributed by atoms with van der Waals surface area (Å²) >= 11 is 1.36. The van der Waals surface area contributed by atoms with Crippen molar-refractivity contribution in [1.82, 2.24) is 14.9 Å². The average Bonchev–Trinajstić information content (AvgIpc) is 2.63. The molecule has 2 aromatic rings. The van der Waals surface area contributed by atoms with Crippen molar-refractivity contribution in [3.05, 3.63) is 34.6 Å². The van der Waals surface area contributed by atoms with Gasteiger partial charge in [-0.05, 0) is 38.8 Å². The summed E-state index contributed by atoms with van der Waals surface area (Å²) in [5.74, 6) is 0.0296. The molecule has 1 heterocycles. The van der Waals surface area contributed by atoms with Crippen molar-refractivity contribution in [3.8, 4) is 0 Å². The molecule has 0 aliphatic heterocycles. The first kappa shape index (κ1) is 18.0. The molecule has 1 aromatic carbocycles. The maximum atomic E-state index is 12.7. The van der Waals surface area contributed by atoms with E-state index in [-0.39, 0.29) is 16.7 Å². The van der Waals surface area contributed by atoms with Gasteiger partial charge in [0.05, 0.1) is 16.2 Å². The van der Waals surface area contributed by atoms with Crippen LogP contribution in [0.4, 0.5) is 0 Å². The van der Waals surface area contributed by atoms with Gasteiger partial charge in [0.2, 0.25) is 5.91 Å². The van der Waals surface area contributed by atoms with Crippen LogP contribution in [0.2, 0.25) is 0 Å². The number of amides is 1. The van der Waals surface area contributed by atoms with E-state index in [9.17, 15) is 9.59 Å². The lowest BCUT2D eigenvalue weighted by Gasteiger charge is -2.24. The van der Waals surface area contributed by atoms with Gasteiger partial charge < -0.3 is 5.32 Å². The van der Waals surface area contributed by atoms with Gasteiger partial charge in [-0.2, -0.15) is 0 Å². The van der Waals surface area contributed by atoms with Crippen LogP contribution >= 0.6 is 11.8 Å². The standard InChI is InChI=1S/C19H25N3O2S/c1-3-22-18(24)15-11-7-8-12-16(15)21-19(22)25-13(2)17(23)20-14-9-5-4-6-10-14/h7-8,11-14H,3-6,9-10H2,1-2H3,(H,20,23). The number of rotatable bonds is 5. The fourth-order valence-corrected chi connectivity index (χ4v) is 4.28. The molecular weight excluding hydrogens is 334 g/mol. The Morgan fingerprint density at radius 2 is 2.04 bits per heavy atom. The van der Waals surface area contributed by atoms with Crippen LogP contribution in [0, 0.1) is 0 Å². The van der Waals surface area contributed by atoms with Crippen LogP contribution < -0.4 is 10.9 Å². The average molecular weight is 359 g/mol. The number of carbonyl (C=O) groups excluding carboxylic acids is 1. The van der Waals surface area contributed by atoms with Crippen molar-refractivity contribution >= 4 is 28.6 Å². The van der Waals surface area contributed by atoms with E-state index in [1.54, 1.807) is 10.6 Å². The lowest BCUT2D eigenvalue weighted by Crippen LogP contribution is -2.40. The van der Waals surface area contributed by atoms with Crippen LogP contribution in [0.5, 0.6) is 0 Å². The molecule has 1 unspecified atom stereocenters. The first-order valence-corrected chi connectivity index (χ1v) is 9.94. The third-order valence-corrected chi connectivity index (χ3v) is 5.84. The summed E-state index contributed by atoms with van der Waals surface area (Å²) in [6, 6.07) is 7.65. The van der Waals surface area contributed by atoms with E-state index in [0.717, 1.165) is 12.8 Å². The predicted octanol–water partition coefficient (Wildman–Crippen LogP) is 3.35. The maximum Gasteiger partial charge on any atom is 0.262 e. The molecule has 25 heavy (non-hydrogen) atoms. The second kappa shape index (κ2) is 8.04. The molecule has 134 valence electrons. The number of nitrogens with zero attached hydrogens (tertiary/aromatic N) is 2. The molecule has 0 radical (unpaired) electrons. The summed E-state index contributed by atoms with van der Waals surface area (Å²) in [6.07, 6.45) is 5.77. The smallest absolute Gasteiger partial charge is 0.262 e. The van der Waals surface area contributed by atoms with Crippen molar-refractivity contribution in [2.24, 2.45) is 0 Å². The van der Waals surface area contributed by atoms with Crippen LogP contribution in [0.25, 0.3) is 10.9 Å². The van der Waals surface area contributed by atoms with E-state index in [1.165, 1.54) is 31.0 Å². The molecular formula is C19H25N3O2S. The van der Waals surface area contributed by atoms with Gasteiger partial charge in [-0.25, -0.2) is 4.98 Å². The summed E-state index contributed by atoms with van der Waals surface area (Å²) in [7, 11) is 0. The van der Waals surface area contributed by atoms with Gasteiger partial charge in [-0.15, -0.1) is 0 Å². The van der Waals surface area contributed by atoms with E-state index in [2.05, 4.69) is 10.3 Å². The number of benzene rings is 1. The molecule has 1 aromatic heterocycles. The SMILES string of the molecule is CCn1c(SC(C)C(=O)NC2CCCCC2)nc2ccccc2c1=O. The quantitative estimate of drug-likeness (QED) is 0.657. The minimum atomic E-state index is -0.284. The molecule has 6 heteroatoms. The fourth-order valence-electron chi connectivity index (χ4n) is 3.29. The number of carbonyl (C=O) groups is 1. The van der Waals surface area contributed by atoms with Gasteiger partial charge in [0.25, 0.3) is 5.56 Å². The highest BCUT2D eigenvalue weighted by Crippen LogP contribution is 2.24. The van der Waals surface area contributed by atoms with Gasteiger partial charge in [-0.1, -0.05) is 43.2 Å². The summed E-state index contributed by atoms with van der Waals surface area (Å²) in [5, 5.41) is 4.10. The zero-order valence-electron chi connectivity index (χ0n) is 14.8. The number of aromatic nitrogens is 2. The molecule has 1 saturated carbocycles. The molecule has 1 atom stereocenters. The van der Waals surface area contributed by atoms with Gasteiger partial charge in [0, 0.05) is 12.6 Å². The van der Waals surface area contributed by atoms with E-state index in [1.807, 2.05) is 32.0 Å². The Morgan fingerprint density at radius 3 is 2.76 bits per heavy atom. The monoisotopic (exact) mass is 359 g/mol. The van der Waals surface area contributed by atoms with E-state index < -0.39 is 0 Å². The van der Waals surface area contributed by atoms with Crippen LogP contribution in [0.15, 0.2) is 34.2 Å². The first-order chi connectivity index (χ1) is 12.1. The van der Waals surface area contributed by atoms with Crippen molar-refractivity contribution < 1.29 is 4.79 Å². The summed E-state index contributed by atoms with van der Waals surface area (Å²) in [6.45, 7) is 4.34. The highest BCUT2D eigenvalue weighted by Gasteiger charge is 2.22. The number of hydrogen-bond acceptors (Lipinski definition) is 4. The molecule has 1 N–H and O–H groups in total. The van der Waals surface area contributed by atoms with E-state index in [0.29, 0.717) is 28.6 Å². The van der Waals surface area contributed by atoms with Crippen molar-refractivity contribution in [2.75, 3.05) is 0 Å². The van der Waals surface area contributed by atoms with Crippen molar-refractivity contribution in [3.63, 3.8) is 0 Å². The topological polar surface area (TPSA) is 64.0 Å². The Hall–Kier alpha value is -1.82. The maximum absolute atomic E-state index is 12.7. The fraction of sp³-hybridized carbons (Fsp3) is 0.526. The zero-order chi connectivity index (χ0) is 17.8. The normalized spacial score (nSPS) is 16.7. The Bertz CT molecular complexity index is 812. The molecule has 0 saturated heterocycles. The molecule has 0 bridgehead atoms. The number of nitrogens with one attached hydrogen (secondary N) is 1.